The first kappa shape index (κ1) is 19.2. The number of nitrogens with zero attached hydrogens (tertiary/aromatic N) is 2. The molecule has 1 fully saturated rings. The molecule has 4 rings (SSSR count). The molecule has 1 aliphatic heterocycles. The summed E-state index contributed by atoms with van der Waals surface area (Å²) in [5.41, 5.74) is 4.64. The van der Waals surface area contributed by atoms with Gasteiger partial charge in [0.05, 0.1) is 0 Å². The van der Waals surface area contributed by atoms with Crippen LogP contribution >= 0.6 is 0 Å². The highest BCUT2D eigenvalue weighted by atomic mass is 16.2. The van der Waals surface area contributed by atoms with Crippen LogP contribution in [0.2, 0.25) is 0 Å². The number of benzene rings is 2. The Morgan fingerprint density at radius 1 is 1.03 bits per heavy atom. The van der Waals surface area contributed by atoms with Gasteiger partial charge in [-0.15, -0.1) is 0 Å². The predicted octanol–water partition coefficient (Wildman–Crippen LogP) is 5.01. The zero-order valence-electron chi connectivity index (χ0n) is 16.8. The first-order valence-electron chi connectivity index (χ1n) is 10.2. The molecule has 2 aromatic carbocycles. The lowest BCUT2D eigenvalue weighted by molar-refractivity contribution is 0.155. The molecule has 2 heterocycles. The molecular weight excluding hydrogens is 358 g/mol. The Hall–Kier alpha value is -3.14. The molecule has 4 nitrogen and oxygen atoms in total. The van der Waals surface area contributed by atoms with E-state index in [2.05, 4.69) is 65.8 Å². The average Bonchev–Trinajstić information content (AvgIpc) is 2.79. The van der Waals surface area contributed by atoms with Crippen molar-refractivity contribution in [2.45, 2.75) is 31.7 Å². The standard InChI is InChI=1S/C25H27N3O/c1-25(23-8-3-2-4-9-23)14-6-16-28(19-25)24(29)27-17-20-10-12-21(13-11-20)22-7-5-15-26-18-22/h2-5,7-13,15,18H,6,14,16-17,19H2,1H3,(H,27,29). The van der Waals surface area contributed by atoms with Crippen LogP contribution in [0.25, 0.3) is 11.1 Å². The van der Waals surface area contributed by atoms with Crippen LogP contribution in [0.5, 0.6) is 0 Å². The van der Waals surface area contributed by atoms with Crippen LogP contribution in [0.4, 0.5) is 4.79 Å². The molecule has 1 aliphatic rings. The summed E-state index contributed by atoms with van der Waals surface area (Å²) >= 11 is 0. The van der Waals surface area contributed by atoms with Crippen molar-refractivity contribution in [2.75, 3.05) is 13.1 Å². The molecule has 29 heavy (non-hydrogen) atoms. The molecule has 2 amide bonds. The summed E-state index contributed by atoms with van der Waals surface area (Å²) in [7, 11) is 0. The van der Waals surface area contributed by atoms with E-state index in [1.807, 2.05) is 29.3 Å². The maximum atomic E-state index is 12.8. The number of carbonyl (C=O) groups excluding carboxylic acids is 1. The summed E-state index contributed by atoms with van der Waals surface area (Å²) in [5.74, 6) is 0. The molecule has 0 saturated carbocycles. The van der Waals surface area contributed by atoms with E-state index in [9.17, 15) is 4.79 Å². The van der Waals surface area contributed by atoms with Gasteiger partial charge >= 0.3 is 6.03 Å². The van der Waals surface area contributed by atoms with Gasteiger partial charge in [-0.1, -0.05) is 67.6 Å². The van der Waals surface area contributed by atoms with E-state index < -0.39 is 0 Å². The Labute approximate surface area is 172 Å². The van der Waals surface area contributed by atoms with Gasteiger partial charge in [0, 0.05) is 37.4 Å². The van der Waals surface area contributed by atoms with Gasteiger partial charge in [-0.05, 0) is 41.2 Å². The summed E-state index contributed by atoms with van der Waals surface area (Å²) in [6, 6.07) is 22.8. The molecule has 0 spiro atoms. The molecule has 1 atom stereocenters. The summed E-state index contributed by atoms with van der Waals surface area (Å²) in [6.07, 6.45) is 5.77. The molecular formula is C25H27N3O. The number of aromatic nitrogens is 1. The van der Waals surface area contributed by atoms with Crippen LogP contribution in [0.1, 0.15) is 30.9 Å². The average molecular weight is 386 g/mol. The number of pyridine rings is 1. The van der Waals surface area contributed by atoms with E-state index in [4.69, 9.17) is 0 Å². The van der Waals surface area contributed by atoms with Gasteiger partial charge in [-0.3, -0.25) is 4.98 Å². The quantitative estimate of drug-likeness (QED) is 0.686. The number of hydrogen-bond acceptors (Lipinski definition) is 2. The van der Waals surface area contributed by atoms with Gasteiger partial charge in [0.2, 0.25) is 0 Å². The Morgan fingerprint density at radius 3 is 2.55 bits per heavy atom. The molecule has 3 aromatic rings. The molecule has 0 aliphatic carbocycles. The maximum absolute atomic E-state index is 12.8. The Kier molecular flexibility index (Phi) is 5.61. The zero-order valence-corrected chi connectivity index (χ0v) is 16.8. The number of nitrogens with one attached hydrogen (secondary N) is 1. The molecule has 1 aromatic heterocycles. The molecule has 1 N–H and O–H groups in total. The van der Waals surface area contributed by atoms with Crippen molar-refractivity contribution < 1.29 is 4.79 Å². The van der Waals surface area contributed by atoms with Crippen molar-refractivity contribution in [3.63, 3.8) is 0 Å². The number of likely N-dealkylation sites (tertiary alicyclic amines) is 1. The first-order valence-corrected chi connectivity index (χ1v) is 10.2. The van der Waals surface area contributed by atoms with E-state index in [1.165, 1.54) is 5.56 Å². The van der Waals surface area contributed by atoms with Gasteiger partial charge in [-0.25, -0.2) is 4.79 Å². The van der Waals surface area contributed by atoms with Crippen molar-refractivity contribution in [1.82, 2.24) is 15.2 Å². The zero-order chi connectivity index (χ0) is 20.1. The SMILES string of the molecule is CC1(c2ccccc2)CCCN(C(=O)NCc2ccc(-c3cccnc3)cc2)C1. The summed E-state index contributed by atoms with van der Waals surface area (Å²) < 4.78 is 0. The number of urea groups is 1. The topological polar surface area (TPSA) is 45.2 Å². The smallest absolute Gasteiger partial charge is 0.317 e. The highest BCUT2D eigenvalue weighted by Gasteiger charge is 2.34. The Morgan fingerprint density at radius 2 is 1.83 bits per heavy atom. The lowest BCUT2D eigenvalue weighted by Gasteiger charge is -2.41. The first-order chi connectivity index (χ1) is 14.1. The molecule has 0 bridgehead atoms. The second-order valence-electron chi connectivity index (χ2n) is 8.05. The number of amides is 2. The van der Waals surface area contributed by atoms with E-state index in [1.54, 1.807) is 6.20 Å². The molecule has 1 saturated heterocycles. The van der Waals surface area contributed by atoms with Crippen LogP contribution < -0.4 is 5.32 Å². The van der Waals surface area contributed by atoms with Crippen molar-refractivity contribution in [3.05, 3.63) is 90.3 Å². The van der Waals surface area contributed by atoms with Crippen molar-refractivity contribution in [2.24, 2.45) is 0 Å². The van der Waals surface area contributed by atoms with Gasteiger partial charge in [0.15, 0.2) is 0 Å². The molecule has 1 unspecified atom stereocenters. The van der Waals surface area contributed by atoms with E-state index in [0.717, 1.165) is 42.6 Å². The largest absolute Gasteiger partial charge is 0.334 e. The van der Waals surface area contributed by atoms with Crippen LogP contribution in [-0.4, -0.2) is 29.0 Å². The summed E-state index contributed by atoms with van der Waals surface area (Å²) in [4.78, 5) is 18.9. The second-order valence-corrected chi connectivity index (χ2v) is 8.05. The third-order valence-electron chi connectivity index (χ3n) is 5.85. The Balaban J connectivity index is 1.36. The molecule has 148 valence electrons. The number of hydrogen-bond donors (Lipinski definition) is 1. The third kappa shape index (κ3) is 4.48. The van der Waals surface area contributed by atoms with E-state index in [0.29, 0.717) is 6.54 Å². The predicted molar refractivity (Wildman–Crippen MR) is 117 cm³/mol. The summed E-state index contributed by atoms with van der Waals surface area (Å²) in [5, 5.41) is 3.09. The number of carbonyl (C=O) groups is 1. The second kappa shape index (κ2) is 8.48. The number of piperidine rings is 1. The van der Waals surface area contributed by atoms with Gasteiger partial charge in [0.1, 0.15) is 0 Å². The minimum atomic E-state index is 0.0161. The van der Waals surface area contributed by atoms with Crippen LogP contribution in [0.15, 0.2) is 79.1 Å². The highest BCUT2D eigenvalue weighted by Crippen LogP contribution is 2.33. The molecule has 0 radical (unpaired) electrons. The lowest BCUT2D eigenvalue weighted by atomic mass is 9.76. The van der Waals surface area contributed by atoms with Gasteiger partial charge in [-0.2, -0.15) is 0 Å². The fourth-order valence-electron chi connectivity index (χ4n) is 4.13. The fraction of sp³-hybridized carbons (Fsp3) is 0.280. The minimum Gasteiger partial charge on any atom is -0.334 e. The lowest BCUT2D eigenvalue weighted by Crippen LogP contribution is -2.50. The van der Waals surface area contributed by atoms with E-state index in [-0.39, 0.29) is 11.4 Å². The van der Waals surface area contributed by atoms with Crippen molar-refractivity contribution in [3.8, 4) is 11.1 Å². The van der Waals surface area contributed by atoms with Crippen LogP contribution in [0, 0.1) is 0 Å². The van der Waals surface area contributed by atoms with Crippen molar-refractivity contribution in [1.29, 1.82) is 0 Å². The monoisotopic (exact) mass is 385 g/mol. The van der Waals surface area contributed by atoms with E-state index >= 15 is 0 Å². The summed E-state index contributed by atoms with van der Waals surface area (Å²) in [6.45, 7) is 4.36. The third-order valence-corrected chi connectivity index (χ3v) is 5.85. The normalized spacial score (nSPS) is 19.0. The van der Waals surface area contributed by atoms with Crippen LogP contribution in [-0.2, 0) is 12.0 Å². The fourth-order valence-corrected chi connectivity index (χ4v) is 4.13. The number of rotatable bonds is 4. The Bertz CT molecular complexity index is 941. The van der Waals surface area contributed by atoms with Crippen molar-refractivity contribution >= 4 is 6.03 Å². The van der Waals surface area contributed by atoms with Gasteiger partial charge < -0.3 is 10.2 Å². The maximum Gasteiger partial charge on any atom is 0.317 e. The molecule has 4 heteroatoms. The minimum absolute atomic E-state index is 0.0161. The highest BCUT2D eigenvalue weighted by molar-refractivity contribution is 5.74. The van der Waals surface area contributed by atoms with Gasteiger partial charge in [0.25, 0.3) is 0 Å². The van der Waals surface area contributed by atoms with Crippen LogP contribution in [0.3, 0.4) is 0 Å².